The second-order valence-corrected chi connectivity index (χ2v) is 4.62. The van der Waals surface area contributed by atoms with E-state index in [0.717, 1.165) is 11.4 Å². The molecule has 0 amide bonds. The maximum Gasteiger partial charge on any atom is 0.142 e. The van der Waals surface area contributed by atoms with Crippen molar-refractivity contribution in [3.05, 3.63) is 28.8 Å². The molecule has 2 aromatic heterocycles. The lowest BCUT2D eigenvalue weighted by Crippen LogP contribution is -1.94. The van der Waals surface area contributed by atoms with Crippen LogP contribution in [-0.4, -0.2) is 19.7 Å². The third kappa shape index (κ3) is 1.78. The van der Waals surface area contributed by atoms with Crippen LogP contribution in [0, 0.1) is 4.64 Å². The lowest BCUT2D eigenvalue weighted by molar-refractivity contribution is 0.768. The minimum Gasteiger partial charge on any atom is -0.343 e. The van der Waals surface area contributed by atoms with Crippen molar-refractivity contribution in [2.45, 2.75) is 18.8 Å². The van der Waals surface area contributed by atoms with Gasteiger partial charge in [-0.1, -0.05) is 12.2 Å². The van der Waals surface area contributed by atoms with Crippen molar-refractivity contribution < 1.29 is 0 Å². The van der Waals surface area contributed by atoms with Crippen molar-refractivity contribution >= 4 is 12.2 Å². The van der Waals surface area contributed by atoms with Gasteiger partial charge in [-0.05, 0) is 24.8 Å². The molecule has 1 fully saturated rings. The van der Waals surface area contributed by atoms with Gasteiger partial charge >= 0.3 is 0 Å². The number of hydrogen-bond acceptors (Lipinski definition) is 3. The zero-order valence-electron chi connectivity index (χ0n) is 8.97. The molecule has 0 unspecified atom stereocenters. The molecule has 2 heterocycles. The largest absolute Gasteiger partial charge is 0.343 e. The van der Waals surface area contributed by atoms with Crippen molar-refractivity contribution in [1.29, 1.82) is 0 Å². The van der Waals surface area contributed by atoms with E-state index in [2.05, 4.69) is 15.1 Å². The van der Waals surface area contributed by atoms with Gasteiger partial charge in [-0.15, -0.1) is 0 Å². The highest BCUT2D eigenvalue weighted by Crippen LogP contribution is 2.39. The Morgan fingerprint density at radius 2 is 2.31 bits per heavy atom. The van der Waals surface area contributed by atoms with Crippen molar-refractivity contribution in [1.82, 2.24) is 19.7 Å². The zero-order chi connectivity index (χ0) is 11.1. The van der Waals surface area contributed by atoms with Gasteiger partial charge in [0.2, 0.25) is 0 Å². The number of nitrogens with zero attached hydrogens (tertiary/aromatic N) is 3. The van der Waals surface area contributed by atoms with Crippen LogP contribution in [0.2, 0.25) is 0 Å². The van der Waals surface area contributed by atoms with Crippen LogP contribution in [0.25, 0.3) is 11.4 Å². The van der Waals surface area contributed by atoms with Crippen molar-refractivity contribution in [3.8, 4) is 11.4 Å². The standard InChI is InChI=1S/C11H12N4S/c1-15-6-8(5-12-15)11-13-9(7-2-3-7)4-10(16)14-11/h4-7H,2-3H2,1H3,(H,13,14,16). The minimum absolute atomic E-state index is 0.652. The van der Waals surface area contributed by atoms with Crippen LogP contribution in [0.15, 0.2) is 18.5 Å². The maximum absolute atomic E-state index is 5.18. The van der Waals surface area contributed by atoms with Crippen LogP contribution in [0.5, 0.6) is 0 Å². The second kappa shape index (κ2) is 3.52. The molecule has 3 rings (SSSR count). The molecule has 1 aliphatic carbocycles. The lowest BCUT2D eigenvalue weighted by atomic mass is 10.2. The molecule has 5 heteroatoms. The molecule has 0 aliphatic heterocycles. The second-order valence-electron chi connectivity index (χ2n) is 4.20. The summed E-state index contributed by atoms with van der Waals surface area (Å²) in [5, 5.41) is 4.14. The number of hydrogen-bond donors (Lipinski definition) is 1. The molecule has 82 valence electrons. The van der Waals surface area contributed by atoms with E-state index < -0.39 is 0 Å². The summed E-state index contributed by atoms with van der Waals surface area (Å²) in [5.41, 5.74) is 2.19. The van der Waals surface area contributed by atoms with Gasteiger partial charge in [0.25, 0.3) is 0 Å². The van der Waals surface area contributed by atoms with Crippen LogP contribution < -0.4 is 0 Å². The Hall–Kier alpha value is -1.49. The Balaban J connectivity index is 2.09. The third-order valence-corrected chi connectivity index (χ3v) is 2.97. The van der Waals surface area contributed by atoms with Gasteiger partial charge in [0, 0.05) is 18.9 Å². The molecule has 0 saturated heterocycles. The summed E-state index contributed by atoms with van der Waals surface area (Å²) in [5.74, 6) is 1.47. The Kier molecular flexibility index (Phi) is 2.14. The molecule has 4 nitrogen and oxygen atoms in total. The molecule has 0 spiro atoms. The van der Waals surface area contributed by atoms with Crippen LogP contribution >= 0.6 is 12.2 Å². The maximum atomic E-state index is 5.18. The van der Waals surface area contributed by atoms with E-state index in [1.165, 1.54) is 18.5 Å². The highest BCUT2D eigenvalue weighted by molar-refractivity contribution is 7.71. The lowest BCUT2D eigenvalue weighted by Gasteiger charge is -2.02. The molecule has 1 N–H and O–H groups in total. The number of nitrogens with one attached hydrogen (secondary N) is 1. The highest BCUT2D eigenvalue weighted by Gasteiger charge is 2.24. The van der Waals surface area contributed by atoms with E-state index in [1.807, 2.05) is 19.3 Å². The Morgan fingerprint density at radius 3 is 2.94 bits per heavy atom. The summed E-state index contributed by atoms with van der Waals surface area (Å²) in [7, 11) is 1.89. The van der Waals surface area contributed by atoms with E-state index >= 15 is 0 Å². The van der Waals surface area contributed by atoms with Crippen LogP contribution in [-0.2, 0) is 7.05 Å². The van der Waals surface area contributed by atoms with E-state index in [1.54, 1.807) is 10.9 Å². The number of aromatic nitrogens is 4. The molecule has 16 heavy (non-hydrogen) atoms. The van der Waals surface area contributed by atoms with Gasteiger partial charge in [0.15, 0.2) is 0 Å². The summed E-state index contributed by atoms with van der Waals surface area (Å²) < 4.78 is 2.41. The van der Waals surface area contributed by atoms with Crippen molar-refractivity contribution in [3.63, 3.8) is 0 Å². The SMILES string of the molecule is Cn1cc(-c2nc(=S)cc(C3CC3)[nH]2)cn1. The van der Waals surface area contributed by atoms with Crippen molar-refractivity contribution in [2.24, 2.45) is 7.05 Å². The molecule has 1 saturated carbocycles. The van der Waals surface area contributed by atoms with E-state index in [-0.39, 0.29) is 0 Å². The summed E-state index contributed by atoms with van der Waals surface area (Å²) >= 11 is 5.18. The summed E-state index contributed by atoms with van der Waals surface area (Å²) in [6.45, 7) is 0. The fourth-order valence-electron chi connectivity index (χ4n) is 1.77. The molecule has 0 bridgehead atoms. The van der Waals surface area contributed by atoms with Gasteiger partial charge in [0.1, 0.15) is 10.5 Å². The smallest absolute Gasteiger partial charge is 0.142 e. The number of aromatic amines is 1. The van der Waals surface area contributed by atoms with Crippen LogP contribution in [0.3, 0.4) is 0 Å². The molecule has 0 atom stereocenters. The Morgan fingerprint density at radius 1 is 1.50 bits per heavy atom. The van der Waals surface area contributed by atoms with Gasteiger partial charge in [0.05, 0.1) is 11.8 Å². The van der Waals surface area contributed by atoms with Gasteiger partial charge < -0.3 is 4.98 Å². The van der Waals surface area contributed by atoms with Gasteiger partial charge in [-0.25, -0.2) is 4.98 Å². The summed E-state index contributed by atoms with van der Waals surface area (Å²) in [4.78, 5) is 7.68. The first kappa shape index (κ1) is 9.72. The Labute approximate surface area is 98.3 Å². The molecule has 1 aliphatic rings. The average molecular weight is 232 g/mol. The van der Waals surface area contributed by atoms with Crippen molar-refractivity contribution in [2.75, 3.05) is 0 Å². The van der Waals surface area contributed by atoms with E-state index in [0.29, 0.717) is 10.6 Å². The Bertz CT molecular complexity index is 580. The molecule has 2 aromatic rings. The average Bonchev–Trinajstić information content (AvgIpc) is 3.01. The molecule has 0 radical (unpaired) electrons. The monoisotopic (exact) mass is 232 g/mol. The fraction of sp³-hybridized carbons (Fsp3) is 0.364. The normalized spacial score (nSPS) is 15.3. The zero-order valence-corrected chi connectivity index (χ0v) is 9.79. The number of rotatable bonds is 2. The quantitative estimate of drug-likeness (QED) is 0.809. The topological polar surface area (TPSA) is 46.5 Å². The first-order valence-electron chi connectivity index (χ1n) is 5.32. The fourth-order valence-corrected chi connectivity index (χ4v) is 1.99. The summed E-state index contributed by atoms with van der Waals surface area (Å²) in [6, 6.07) is 1.97. The highest BCUT2D eigenvalue weighted by atomic mass is 32.1. The molecular formula is C11H12N4S. The minimum atomic E-state index is 0.652. The predicted molar refractivity (Wildman–Crippen MR) is 63.6 cm³/mol. The van der Waals surface area contributed by atoms with E-state index in [4.69, 9.17) is 12.2 Å². The van der Waals surface area contributed by atoms with E-state index in [9.17, 15) is 0 Å². The third-order valence-electron chi connectivity index (χ3n) is 2.76. The van der Waals surface area contributed by atoms with Crippen LogP contribution in [0.1, 0.15) is 24.5 Å². The number of aryl methyl sites for hydroxylation is 1. The molecular weight excluding hydrogens is 220 g/mol. The first-order chi connectivity index (χ1) is 7.72. The predicted octanol–water partition coefficient (Wildman–Crippen LogP) is 2.42. The van der Waals surface area contributed by atoms with Crippen LogP contribution in [0.4, 0.5) is 0 Å². The number of H-pyrrole nitrogens is 1. The molecule has 0 aromatic carbocycles. The van der Waals surface area contributed by atoms with Gasteiger partial charge in [-0.2, -0.15) is 5.10 Å². The summed E-state index contributed by atoms with van der Waals surface area (Å²) in [6.07, 6.45) is 6.23. The van der Waals surface area contributed by atoms with Gasteiger partial charge in [-0.3, -0.25) is 4.68 Å². The first-order valence-corrected chi connectivity index (χ1v) is 5.73.